The average Bonchev–Trinajstić information content (AvgIpc) is 3.29. The maximum absolute atomic E-state index is 13.2. The number of nitrogens with zero attached hydrogens (tertiary/aromatic N) is 2. The number of carbonyl (C=O) groups is 1. The number of hydrogen-bond donors (Lipinski definition) is 1. The minimum atomic E-state index is -0.537. The lowest BCUT2D eigenvalue weighted by molar-refractivity contribution is -0.121. The van der Waals surface area contributed by atoms with Crippen LogP contribution in [0.25, 0.3) is 10.2 Å². The molecule has 0 unspecified atom stereocenters. The number of benzene rings is 2. The van der Waals surface area contributed by atoms with E-state index in [4.69, 9.17) is 16.3 Å². The van der Waals surface area contributed by atoms with E-state index in [0.717, 1.165) is 15.7 Å². The predicted molar refractivity (Wildman–Crippen MR) is 126 cm³/mol. The molecule has 0 fully saturated rings. The fourth-order valence-electron chi connectivity index (χ4n) is 3.38. The van der Waals surface area contributed by atoms with Gasteiger partial charge >= 0.3 is 5.69 Å². The highest BCUT2D eigenvalue weighted by Gasteiger charge is 2.17. The van der Waals surface area contributed by atoms with Crippen LogP contribution in [0.5, 0.6) is 5.75 Å². The Morgan fingerprint density at radius 2 is 1.84 bits per heavy atom. The third-order valence-corrected chi connectivity index (χ3v) is 6.16. The summed E-state index contributed by atoms with van der Waals surface area (Å²) in [7, 11) is 1.55. The lowest BCUT2D eigenvalue weighted by Crippen LogP contribution is -2.42. The monoisotopic (exact) mass is 469 g/mol. The van der Waals surface area contributed by atoms with Crippen LogP contribution < -0.4 is 21.3 Å². The molecule has 0 saturated heterocycles. The molecule has 32 heavy (non-hydrogen) atoms. The Balaban J connectivity index is 1.63. The number of hydrogen-bond acceptors (Lipinski definition) is 5. The Morgan fingerprint density at radius 1 is 1.06 bits per heavy atom. The van der Waals surface area contributed by atoms with Crippen LogP contribution in [0.3, 0.4) is 0 Å². The van der Waals surface area contributed by atoms with Crippen LogP contribution in [0.2, 0.25) is 5.02 Å². The Morgan fingerprint density at radius 3 is 2.59 bits per heavy atom. The van der Waals surface area contributed by atoms with Gasteiger partial charge in [0, 0.05) is 11.6 Å². The van der Waals surface area contributed by atoms with Crippen LogP contribution in [0.4, 0.5) is 0 Å². The third-order valence-electron chi connectivity index (χ3n) is 5.02. The molecule has 1 amide bonds. The molecule has 2 heterocycles. The highest BCUT2D eigenvalue weighted by atomic mass is 35.5. The molecule has 0 aliphatic carbocycles. The molecule has 0 saturated carbocycles. The Bertz CT molecular complexity index is 1390. The molecular weight excluding hydrogens is 450 g/mol. The minimum absolute atomic E-state index is 0.0785. The Hall–Kier alpha value is -3.36. The lowest BCUT2D eigenvalue weighted by atomic mass is 10.2. The molecule has 0 aliphatic rings. The van der Waals surface area contributed by atoms with Crippen molar-refractivity contribution in [3.8, 4) is 5.75 Å². The van der Waals surface area contributed by atoms with Gasteiger partial charge in [-0.05, 0) is 46.8 Å². The van der Waals surface area contributed by atoms with Crippen molar-refractivity contribution in [3.63, 3.8) is 0 Å². The SMILES string of the molecule is COc1cccc(Cn2c(=O)c3sccc3n(CC(=O)NCc3ccc(Cl)cc3)c2=O)c1. The van der Waals surface area contributed by atoms with Gasteiger partial charge in [-0.25, -0.2) is 4.79 Å². The number of carbonyl (C=O) groups excluding carboxylic acids is 1. The van der Waals surface area contributed by atoms with Gasteiger partial charge in [0.25, 0.3) is 5.56 Å². The summed E-state index contributed by atoms with van der Waals surface area (Å²) < 4.78 is 8.15. The smallest absolute Gasteiger partial charge is 0.332 e. The first-order valence-electron chi connectivity index (χ1n) is 9.81. The van der Waals surface area contributed by atoms with Crippen molar-refractivity contribution in [3.05, 3.63) is 97.0 Å². The molecule has 0 aliphatic heterocycles. The molecular formula is C23H20ClN3O4S. The van der Waals surface area contributed by atoms with Gasteiger partial charge in [-0.2, -0.15) is 0 Å². The van der Waals surface area contributed by atoms with Crippen molar-refractivity contribution < 1.29 is 9.53 Å². The fourth-order valence-corrected chi connectivity index (χ4v) is 4.35. The van der Waals surface area contributed by atoms with Gasteiger partial charge in [-0.1, -0.05) is 35.9 Å². The van der Waals surface area contributed by atoms with E-state index >= 15 is 0 Å². The van der Waals surface area contributed by atoms with Gasteiger partial charge in [-0.15, -0.1) is 11.3 Å². The molecule has 4 rings (SSSR count). The second-order valence-corrected chi connectivity index (χ2v) is 8.50. The number of halogens is 1. The highest BCUT2D eigenvalue weighted by molar-refractivity contribution is 7.17. The van der Waals surface area contributed by atoms with Gasteiger partial charge in [0.2, 0.25) is 5.91 Å². The van der Waals surface area contributed by atoms with Crippen LogP contribution in [0, 0.1) is 0 Å². The van der Waals surface area contributed by atoms with Gasteiger partial charge in [-0.3, -0.25) is 18.7 Å². The summed E-state index contributed by atoms with van der Waals surface area (Å²) in [6.07, 6.45) is 0. The van der Waals surface area contributed by atoms with E-state index in [0.29, 0.717) is 27.5 Å². The number of rotatable bonds is 7. The molecule has 2 aromatic carbocycles. The number of methoxy groups -OCH3 is 1. The zero-order valence-corrected chi connectivity index (χ0v) is 18.8. The normalized spacial score (nSPS) is 10.9. The summed E-state index contributed by atoms with van der Waals surface area (Å²) in [6, 6.07) is 16.0. The van der Waals surface area contributed by atoms with Crippen LogP contribution in [-0.2, 0) is 24.4 Å². The largest absolute Gasteiger partial charge is 0.497 e. The van der Waals surface area contributed by atoms with Gasteiger partial charge in [0.05, 0.1) is 19.2 Å². The first-order chi connectivity index (χ1) is 15.5. The standard InChI is InChI=1S/C23H20ClN3O4S/c1-31-18-4-2-3-16(11-18)13-27-22(29)21-19(9-10-32-21)26(23(27)30)14-20(28)25-12-15-5-7-17(24)8-6-15/h2-11H,12-14H2,1H3,(H,25,28). The zero-order valence-electron chi connectivity index (χ0n) is 17.2. The van der Waals surface area contributed by atoms with Gasteiger partial charge in [0.15, 0.2) is 0 Å². The van der Waals surface area contributed by atoms with E-state index in [-0.39, 0.29) is 24.6 Å². The van der Waals surface area contributed by atoms with E-state index in [2.05, 4.69) is 5.32 Å². The Labute approximate surface area is 192 Å². The van der Waals surface area contributed by atoms with Crippen molar-refractivity contribution in [2.24, 2.45) is 0 Å². The number of ether oxygens (including phenoxy) is 1. The fraction of sp³-hybridized carbons (Fsp3) is 0.174. The number of fused-ring (bicyclic) bond motifs is 1. The van der Waals surface area contributed by atoms with E-state index in [1.54, 1.807) is 48.9 Å². The summed E-state index contributed by atoms with van der Waals surface area (Å²) in [5, 5.41) is 5.16. The maximum atomic E-state index is 13.2. The van der Waals surface area contributed by atoms with Crippen molar-refractivity contribution in [2.75, 3.05) is 7.11 Å². The summed E-state index contributed by atoms with van der Waals surface area (Å²) in [6.45, 7) is 0.189. The Kier molecular flexibility index (Phi) is 6.43. The molecule has 0 spiro atoms. The number of amides is 1. The third kappa shape index (κ3) is 4.61. The highest BCUT2D eigenvalue weighted by Crippen LogP contribution is 2.17. The van der Waals surface area contributed by atoms with Crippen LogP contribution in [0.1, 0.15) is 11.1 Å². The molecule has 2 aromatic heterocycles. The van der Waals surface area contributed by atoms with E-state index < -0.39 is 5.69 Å². The summed E-state index contributed by atoms with van der Waals surface area (Å²) in [5.41, 5.74) is 1.18. The second kappa shape index (κ2) is 9.42. The predicted octanol–water partition coefficient (Wildman–Crippen LogP) is 3.25. The number of thiophene rings is 1. The number of nitrogens with one attached hydrogen (secondary N) is 1. The summed E-state index contributed by atoms with van der Waals surface area (Å²) >= 11 is 7.13. The molecule has 1 N–H and O–H groups in total. The zero-order chi connectivity index (χ0) is 22.7. The first-order valence-corrected chi connectivity index (χ1v) is 11.1. The molecule has 0 radical (unpaired) electrons. The van der Waals surface area contributed by atoms with Crippen molar-refractivity contribution in [2.45, 2.75) is 19.6 Å². The topological polar surface area (TPSA) is 82.3 Å². The minimum Gasteiger partial charge on any atom is -0.497 e. The van der Waals surface area contributed by atoms with E-state index in [9.17, 15) is 14.4 Å². The van der Waals surface area contributed by atoms with E-state index in [1.807, 2.05) is 18.2 Å². The lowest BCUT2D eigenvalue weighted by Gasteiger charge is -2.13. The van der Waals surface area contributed by atoms with Gasteiger partial charge < -0.3 is 10.1 Å². The van der Waals surface area contributed by atoms with Crippen molar-refractivity contribution in [1.82, 2.24) is 14.5 Å². The van der Waals surface area contributed by atoms with Crippen molar-refractivity contribution >= 4 is 39.1 Å². The van der Waals surface area contributed by atoms with E-state index in [1.165, 1.54) is 15.9 Å². The van der Waals surface area contributed by atoms with Crippen LogP contribution in [0.15, 0.2) is 69.6 Å². The summed E-state index contributed by atoms with van der Waals surface area (Å²) in [5.74, 6) is 0.302. The molecule has 164 valence electrons. The molecule has 7 nitrogen and oxygen atoms in total. The van der Waals surface area contributed by atoms with Crippen molar-refractivity contribution in [1.29, 1.82) is 0 Å². The summed E-state index contributed by atoms with van der Waals surface area (Å²) in [4.78, 5) is 38.8. The average molecular weight is 470 g/mol. The molecule has 0 atom stereocenters. The molecule has 0 bridgehead atoms. The van der Waals surface area contributed by atoms with Crippen LogP contribution >= 0.6 is 22.9 Å². The molecule has 4 aromatic rings. The maximum Gasteiger partial charge on any atom is 0.332 e. The molecule has 9 heteroatoms. The first kappa shape index (κ1) is 21.9. The quantitative estimate of drug-likeness (QED) is 0.450. The van der Waals surface area contributed by atoms with Gasteiger partial charge in [0.1, 0.15) is 17.0 Å². The number of aromatic nitrogens is 2. The van der Waals surface area contributed by atoms with Crippen LogP contribution in [-0.4, -0.2) is 22.2 Å². The second-order valence-electron chi connectivity index (χ2n) is 7.15.